The van der Waals surface area contributed by atoms with Crippen LogP contribution >= 0.6 is 0 Å². The SMILES string of the molecule is Nc1cc(N)c(Cc2cc(O)c(O)c(O)c2)cc1Cc1cc(O)c(O)c(O)c1. The predicted octanol–water partition coefficient (Wildman–Crippen LogP) is 2.27. The van der Waals surface area contributed by atoms with E-state index in [-0.39, 0.29) is 12.8 Å². The van der Waals surface area contributed by atoms with Crippen molar-refractivity contribution in [2.24, 2.45) is 0 Å². The van der Waals surface area contributed by atoms with Crippen molar-refractivity contribution in [2.45, 2.75) is 12.8 Å². The van der Waals surface area contributed by atoms with Crippen molar-refractivity contribution in [3.05, 3.63) is 58.7 Å². The Kier molecular flexibility index (Phi) is 4.70. The number of nitrogens with two attached hydrogens (primary N) is 2. The average Bonchev–Trinajstić information content (AvgIpc) is 2.61. The Hall–Kier alpha value is -3.94. The fourth-order valence-corrected chi connectivity index (χ4v) is 3.00. The van der Waals surface area contributed by atoms with Gasteiger partial charge in [0.05, 0.1) is 0 Å². The Morgan fingerprint density at radius 3 is 1.14 bits per heavy atom. The van der Waals surface area contributed by atoms with E-state index in [1.54, 1.807) is 12.1 Å². The standard InChI is InChI=1S/C20H20N2O6/c21-13-8-14(22)12(2-10-5-17(25)20(28)18(26)6-10)7-11(13)1-9-3-15(23)19(27)16(24)4-9/h3-8,23-28H,1-2,21-22H2. The van der Waals surface area contributed by atoms with E-state index in [4.69, 9.17) is 11.5 Å². The summed E-state index contributed by atoms with van der Waals surface area (Å²) in [5, 5.41) is 57.6. The third-order valence-electron chi connectivity index (χ3n) is 4.45. The monoisotopic (exact) mass is 384 g/mol. The predicted molar refractivity (Wildman–Crippen MR) is 104 cm³/mol. The van der Waals surface area contributed by atoms with Crippen LogP contribution in [-0.2, 0) is 12.8 Å². The Balaban J connectivity index is 1.95. The van der Waals surface area contributed by atoms with E-state index < -0.39 is 34.5 Å². The summed E-state index contributed by atoms with van der Waals surface area (Å²) in [6, 6.07) is 8.60. The molecule has 0 radical (unpaired) electrons. The van der Waals surface area contributed by atoms with Gasteiger partial charge < -0.3 is 42.1 Å². The van der Waals surface area contributed by atoms with E-state index in [0.29, 0.717) is 33.6 Å². The first-order valence-corrected chi connectivity index (χ1v) is 8.30. The van der Waals surface area contributed by atoms with Crippen LogP contribution in [0.3, 0.4) is 0 Å². The molecule has 0 aliphatic heterocycles. The van der Waals surface area contributed by atoms with Gasteiger partial charge in [-0.3, -0.25) is 0 Å². The number of hydrogen-bond donors (Lipinski definition) is 8. The molecular formula is C20H20N2O6. The molecule has 0 saturated carbocycles. The van der Waals surface area contributed by atoms with Crippen LogP contribution in [0.25, 0.3) is 0 Å². The summed E-state index contributed by atoms with van der Waals surface area (Å²) in [6.45, 7) is 0. The molecule has 3 rings (SSSR count). The maximum Gasteiger partial charge on any atom is 0.200 e. The van der Waals surface area contributed by atoms with Crippen molar-refractivity contribution in [3.8, 4) is 34.5 Å². The maximum absolute atomic E-state index is 9.67. The molecule has 0 fully saturated rings. The van der Waals surface area contributed by atoms with Crippen LogP contribution < -0.4 is 11.5 Å². The summed E-state index contributed by atoms with van der Waals surface area (Å²) in [5.41, 5.74) is 15.3. The lowest BCUT2D eigenvalue weighted by molar-refractivity contribution is 0.367. The molecule has 0 spiro atoms. The minimum absolute atomic E-state index is 0.257. The highest BCUT2D eigenvalue weighted by Gasteiger charge is 2.14. The van der Waals surface area contributed by atoms with Crippen molar-refractivity contribution in [3.63, 3.8) is 0 Å². The molecule has 3 aromatic rings. The zero-order valence-electron chi connectivity index (χ0n) is 14.7. The van der Waals surface area contributed by atoms with Gasteiger partial charge in [-0.15, -0.1) is 0 Å². The number of rotatable bonds is 4. The number of benzene rings is 3. The van der Waals surface area contributed by atoms with Crippen LogP contribution in [0.4, 0.5) is 11.4 Å². The first-order chi connectivity index (χ1) is 13.2. The van der Waals surface area contributed by atoms with Gasteiger partial charge in [0, 0.05) is 11.4 Å². The fourth-order valence-electron chi connectivity index (χ4n) is 3.00. The number of phenols is 6. The molecule has 0 unspecified atom stereocenters. The molecule has 8 nitrogen and oxygen atoms in total. The average molecular weight is 384 g/mol. The molecule has 8 heteroatoms. The summed E-state index contributed by atoms with van der Waals surface area (Å²) in [6.07, 6.45) is 0.513. The van der Waals surface area contributed by atoms with Crippen LogP contribution in [0.1, 0.15) is 22.3 Å². The first-order valence-electron chi connectivity index (χ1n) is 8.30. The van der Waals surface area contributed by atoms with Crippen molar-refractivity contribution in [2.75, 3.05) is 11.5 Å². The van der Waals surface area contributed by atoms with Gasteiger partial charge in [-0.2, -0.15) is 0 Å². The summed E-state index contributed by atoms with van der Waals surface area (Å²) in [7, 11) is 0. The van der Waals surface area contributed by atoms with Gasteiger partial charge in [-0.25, -0.2) is 0 Å². The van der Waals surface area contributed by atoms with E-state index in [9.17, 15) is 30.6 Å². The Morgan fingerprint density at radius 2 is 0.821 bits per heavy atom. The van der Waals surface area contributed by atoms with Crippen molar-refractivity contribution in [1.82, 2.24) is 0 Å². The van der Waals surface area contributed by atoms with Crippen molar-refractivity contribution < 1.29 is 30.6 Å². The normalized spacial score (nSPS) is 10.9. The first kappa shape index (κ1) is 18.8. The molecule has 0 atom stereocenters. The number of nitrogen functional groups attached to an aromatic ring is 2. The van der Waals surface area contributed by atoms with E-state index in [0.717, 1.165) is 0 Å². The summed E-state index contributed by atoms with van der Waals surface area (Å²) in [5.74, 6) is -2.97. The Labute approximate surface area is 160 Å². The lowest BCUT2D eigenvalue weighted by atomic mass is 9.96. The van der Waals surface area contributed by atoms with Crippen LogP contribution in [0.2, 0.25) is 0 Å². The van der Waals surface area contributed by atoms with Crippen molar-refractivity contribution >= 4 is 11.4 Å². The lowest BCUT2D eigenvalue weighted by Gasteiger charge is -2.14. The third-order valence-corrected chi connectivity index (χ3v) is 4.45. The highest BCUT2D eigenvalue weighted by Crippen LogP contribution is 2.38. The van der Waals surface area contributed by atoms with Gasteiger partial charge in [-0.05, 0) is 65.4 Å². The Bertz CT molecular complexity index is 938. The van der Waals surface area contributed by atoms with Gasteiger partial charge in [0.2, 0.25) is 0 Å². The molecule has 0 aliphatic rings. The zero-order chi connectivity index (χ0) is 20.6. The molecule has 146 valence electrons. The minimum Gasteiger partial charge on any atom is -0.504 e. The van der Waals surface area contributed by atoms with Crippen molar-refractivity contribution in [1.29, 1.82) is 0 Å². The van der Waals surface area contributed by atoms with Crippen LogP contribution in [0.15, 0.2) is 36.4 Å². The summed E-state index contributed by atoms with van der Waals surface area (Å²) < 4.78 is 0. The smallest absolute Gasteiger partial charge is 0.200 e. The number of phenolic OH excluding ortho intramolecular Hbond substituents is 6. The molecule has 28 heavy (non-hydrogen) atoms. The molecule has 0 saturated heterocycles. The van der Waals surface area contributed by atoms with Gasteiger partial charge in [-0.1, -0.05) is 6.07 Å². The van der Waals surface area contributed by atoms with Gasteiger partial charge in [0.1, 0.15) is 0 Å². The second-order valence-electron chi connectivity index (χ2n) is 6.57. The highest BCUT2D eigenvalue weighted by molar-refractivity contribution is 5.64. The van der Waals surface area contributed by atoms with E-state index in [2.05, 4.69) is 0 Å². The van der Waals surface area contributed by atoms with Crippen LogP contribution in [0, 0.1) is 0 Å². The molecule has 0 amide bonds. The molecule has 0 heterocycles. The highest BCUT2D eigenvalue weighted by atomic mass is 16.3. The minimum atomic E-state index is -0.596. The van der Waals surface area contributed by atoms with E-state index in [1.165, 1.54) is 24.3 Å². The summed E-state index contributed by atoms with van der Waals surface area (Å²) in [4.78, 5) is 0. The summed E-state index contributed by atoms with van der Waals surface area (Å²) >= 11 is 0. The number of anilines is 2. The van der Waals surface area contributed by atoms with Gasteiger partial charge in [0.15, 0.2) is 34.5 Å². The second kappa shape index (κ2) is 6.99. The molecular weight excluding hydrogens is 364 g/mol. The Morgan fingerprint density at radius 1 is 0.500 bits per heavy atom. The van der Waals surface area contributed by atoms with Crippen LogP contribution in [0.5, 0.6) is 34.5 Å². The maximum atomic E-state index is 9.67. The molecule has 10 N–H and O–H groups in total. The van der Waals surface area contributed by atoms with Crippen LogP contribution in [-0.4, -0.2) is 30.6 Å². The molecule has 3 aromatic carbocycles. The fraction of sp³-hybridized carbons (Fsp3) is 0.100. The zero-order valence-corrected chi connectivity index (χ0v) is 14.7. The number of hydrogen-bond acceptors (Lipinski definition) is 8. The van der Waals surface area contributed by atoms with E-state index >= 15 is 0 Å². The molecule has 0 aliphatic carbocycles. The third kappa shape index (κ3) is 3.61. The number of aromatic hydroxyl groups is 6. The topological polar surface area (TPSA) is 173 Å². The van der Waals surface area contributed by atoms with Gasteiger partial charge in [0.25, 0.3) is 0 Å². The molecule has 0 bridgehead atoms. The largest absolute Gasteiger partial charge is 0.504 e. The van der Waals surface area contributed by atoms with Gasteiger partial charge >= 0.3 is 0 Å². The van der Waals surface area contributed by atoms with E-state index in [1.807, 2.05) is 0 Å². The quantitative estimate of drug-likeness (QED) is 0.250. The lowest BCUT2D eigenvalue weighted by Crippen LogP contribution is -2.03. The molecule has 0 aromatic heterocycles. The second-order valence-corrected chi connectivity index (χ2v) is 6.57.